The van der Waals surface area contributed by atoms with E-state index < -0.39 is 0 Å². The Labute approximate surface area is 119 Å². The molecule has 5 heteroatoms. The van der Waals surface area contributed by atoms with Gasteiger partial charge in [0.15, 0.2) is 0 Å². The van der Waals surface area contributed by atoms with Crippen molar-refractivity contribution in [2.75, 3.05) is 7.11 Å². The van der Waals surface area contributed by atoms with Gasteiger partial charge in [0.05, 0.1) is 31.6 Å². The number of rotatable bonds is 3. The lowest BCUT2D eigenvalue weighted by Gasteiger charge is -2.24. The third kappa shape index (κ3) is 2.35. The maximum atomic E-state index is 11.7. The molecule has 1 spiro atoms. The first kappa shape index (κ1) is 13.6. The highest BCUT2D eigenvalue weighted by molar-refractivity contribution is 5.87. The summed E-state index contributed by atoms with van der Waals surface area (Å²) in [5, 5.41) is 0. The van der Waals surface area contributed by atoms with E-state index in [0.29, 0.717) is 12.2 Å². The van der Waals surface area contributed by atoms with E-state index in [1.54, 1.807) is 6.20 Å². The Hall–Kier alpha value is -1.36. The van der Waals surface area contributed by atoms with Crippen LogP contribution in [-0.4, -0.2) is 34.3 Å². The Bertz CT molecular complexity index is 503. The van der Waals surface area contributed by atoms with Crippen LogP contribution in [0.3, 0.4) is 0 Å². The van der Waals surface area contributed by atoms with Gasteiger partial charge in [-0.25, -0.2) is 9.78 Å². The minimum absolute atomic E-state index is 0.130. The van der Waals surface area contributed by atoms with Gasteiger partial charge in [-0.2, -0.15) is 0 Å². The number of hydrogen-bond acceptors (Lipinski definition) is 4. The SMILES string of the molecule is COC(=O)c1cnc(C)n1CC1CCC2(CCCC2)O1. The standard InChI is InChI=1S/C15H22N2O3/c1-11-16-9-13(14(18)19-2)17(11)10-12-5-8-15(20-12)6-3-4-7-15/h9,12H,3-8,10H2,1-2H3. The maximum Gasteiger partial charge on any atom is 0.356 e. The van der Waals surface area contributed by atoms with Crippen LogP contribution in [0.5, 0.6) is 0 Å². The van der Waals surface area contributed by atoms with E-state index in [1.165, 1.54) is 32.8 Å². The Balaban J connectivity index is 1.72. The fourth-order valence-electron chi connectivity index (χ4n) is 3.58. The maximum absolute atomic E-state index is 11.7. The highest BCUT2D eigenvalue weighted by Crippen LogP contribution is 2.43. The molecule has 0 aromatic carbocycles. The number of hydrogen-bond donors (Lipinski definition) is 0. The van der Waals surface area contributed by atoms with E-state index in [2.05, 4.69) is 4.98 Å². The Morgan fingerprint density at radius 2 is 2.25 bits per heavy atom. The van der Waals surface area contributed by atoms with E-state index in [0.717, 1.165) is 18.7 Å². The molecule has 1 saturated carbocycles. The van der Waals surface area contributed by atoms with Crippen LogP contribution in [0.25, 0.3) is 0 Å². The molecule has 0 N–H and O–H groups in total. The van der Waals surface area contributed by atoms with Crippen LogP contribution >= 0.6 is 0 Å². The number of aryl methyl sites for hydroxylation is 1. The summed E-state index contributed by atoms with van der Waals surface area (Å²) in [6, 6.07) is 0. The van der Waals surface area contributed by atoms with Gasteiger partial charge in [-0.3, -0.25) is 0 Å². The van der Waals surface area contributed by atoms with Crippen LogP contribution in [-0.2, 0) is 16.0 Å². The molecular formula is C15H22N2O3. The quantitative estimate of drug-likeness (QED) is 0.797. The van der Waals surface area contributed by atoms with Gasteiger partial charge < -0.3 is 14.0 Å². The number of carbonyl (C=O) groups excluding carboxylic acids is 1. The summed E-state index contributed by atoms with van der Waals surface area (Å²) >= 11 is 0. The van der Waals surface area contributed by atoms with Crippen molar-refractivity contribution < 1.29 is 14.3 Å². The highest BCUT2D eigenvalue weighted by atomic mass is 16.5. The molecule has 3 rings (SSSR count). The largest absolute Gasteiger partial charge is 0.464 e. The summed E-state index contributed by atoms with van der Waals surface area (Å²) in [7, 11) is 1.40. The summed E-state index contributed by atoms with van der Waals surface area (Å²) < 4.78 is 13.0. The van der Waals surface area contributed by atoms with Crippen molar-refractivity contribution in [2.45, 2.75) is 63.7 Å². The zero-order chi connectivity index (χ0) is 14.2. The fraction of sp³-hybridized carbons (Fsp3) is 0.733. The molecule has 5 nitrogen and oxygen atoms in total. The van der Waals surface area contributed by atoms with Crippen LogP contribution in [0, 0.1) is 6.92 Å². The van der Waals surface area contributed by atoms with Gasteiger partial charge in [-0.05, 0) is 32.6 Å². The zero-order valence-corrected chi connectivity index (χ0v) is 12.2. The summed E-state index contributed by atoms with van der Waals surface area (Å²) in [6.07, 6.45) is 8.93. The van der Waals surface area contributed by atoms with E-state index in [-0.39, 0.29) is 17.7 Å². The number of carbonyl (C=O) groups is 1. The third-order valence-electron chi connectivity index (χ3n) is 4.69. The molecule has 2 fully saturated rings. The van der Waals surface area contributed by atoms with Gasteiger partial charge in [0.1, 0.15) is 11.5 Å². The molecule has 110 valence electrons. The Kier molecular flexibility index (Phi) is 3.54. The van der Waals surface area contributed by atoms with Crippen LogP contribution in [0.15, 0.2) is 6.20 Å². The molecule has 2 aliphatic rings. The van der Waals surface area contributed by atoms with Crippen molar-refractivity contribution in [2.24, 2.45) is 0 Å². The first-order valence-electron chi connectivity index (χ1n) is 7.42. The van der Waals surface area contributed by atoms with Crippen LogP contribution in [0.4, 0.5) is 0 Å². The molecule has 1 aliphatic carbocycles. The number of methoxy groups -OCH3 is 1. The molecule has 1 aromatic heterocycles. The van der Waals surface area contributed by atoms with Gasteiger partial charge in [0, 0.05) is 0 Å². The van der Waals surface area contributed by atoms with Crippen molar-refractivity contribution in [1.29, 1.82) is 0 Å². The van der Waals surface area contributed by atoms with Gasteiger partial charge in [0.2, 0.25) is 0 Å². The fourth-order valence-corrected chi connectivity index (χ4v) is 3.58. The molecular weight excluding hydrogens is 256 g/mol. The summed E-state index contributed by atoms with van der Waals surface area (Å²) in [6.45, 7) is 2.60. The molecule has 1 saturated heterocycles. The summed E-state index contributed by atoms with van der Waals surface area (Å²) in [5.41, 5.74) is 0.644. The first-order valence-corrected chi connectivity index (χ1v) is 7.42. The van der Waals surface area contributed by atoms with Gasteiger partial charge >= 0.3 is 5.97 Å². The zero-order valence-electron chi connectivity index (χ0n) is 12.2. The number of ether oxygens (including phenoxy) is 2. The number of nitrogens with zero attached hydrogens (tertiary/aromatic N) is 2. The topological polar surface area (TPSA) is 53.3 Å². The second-order valence-corrected chi connectivity index (χ2v) is 5.96. The molecule has 1 atom stereocenters. The number of aromatic nitrogens is 2. The van der Waals surface area contributed by atoms with Gasteiger partial charge in [-0.15, -0.1) is 0 Å². The Morgan fingerprint density at radius 1 is 1.50 bits per heavy atom. The first-order chi connectivity index (χ1) is 9.63. The second-order valence-electron chi connectivity index (χ2n) is 5.96. The van der Waals surface area contributed by atoms with E-state index in [4.69, 9.17) is 9.47 Å². The summed E-state index contributed by atoms with van der Waals surface area (Å²) in [4.78, 5) is 16.0. The van der Waals surface area contributed by atoms with Gasteiger partial charge in [-0.1, -0.05) is 12.8 Å². The normalized spacial score (nSPS) is 24.4. The molecule has 1 unspecified atom stereocenters. The van der Waals surface area contributed by atoms with Gasteiger partial charge in [0.25, 0.3) is 0 Å². The smallest absolute Gasteiger partial charge is 0.356 e. The van der Waals surface area contributed by atoms with E-state index in [9.17, 15) is 4.79 Å². The van der Waals surface area contributed by atoms with E-state index in [1.807, 2.05) is 11.5 Å². The van der Waals surface area contributed by atoms with Crippen molar-refractivity contribution in [3.63, 3.8) is 0 Å². The molecule has 1 aromatic rings. The molecule has 0 amide bonds. The molecule has 0 bridgehead atoms. The lowest BCUT2D eigenvalue weighted by molar-refractivity contribution is -0.0422. The third-order valence-corrected chi connectivity index (χ3v) is 4.69. The van der Waals surface area contributed by atoms with E-state index >= 15 is 0 Å². The lowest BCUT2D eigenvalue weighted by Crippen LogP contribution is -2.27. The second kappa shape index (κ2) is 5.20. The Morgan fingerprint density at radius 3 is 2.95 bits per heavy atom. The van der Waals surface area contributed by atoms with Crippen LogP contribution in [0.2, 0.25) is 0 Å². The summed E-state index contributed by atoms with van der Waals surface area (Å²) in [5.74, 6) is 0.501. The molecule has 0 radical (unpaired) electrons. The number of esters is 1. The average molecular weight is 278 g/mol. The minimum atomic E-state index is -0.334. The predicted octanol–water partition coefficient (Wildman–Crippen LogP) is 2.47. The predicted molar refractivity (Wildman–Crippen MR) is 73.6 cm³/mol. The molecule has 1 aliphatic heterocycles. The molecule has 20 heavy (non-hydrogen) atoms. The van der Waals surface area contributed by atoms with Crippen molar-refractivity contribution in [3.8, 4) is 0 Å². The average Bonchev–Trinajstić information content (AvgIpc) is 3.15. The van der Waals surface area contributed by atoms with Crippen LogP contribution < -0.4 is 0 Å². The van der Waals surface area contributed by atoms with Crippen molar-refractivity contribution >= 4 is 5.97 Å². The number of imidazole rings is 1. The molecule has 2 heterocycles. The van der Waals surface area contributed by atoms with Crippen molar-refractivity contribution in [3.05, 3.63) is 17.7 Å². The minimum Gasteiger partial charge on any atom is -0.464 e. The van der Waals surface area contributed by atoms with Crippen LogP contribution in [0.1, 0.15) is 54.8 Å². The lowest BCUT2D eigenvalue weighted by atomic mass is 9.98. The highest BCUT2D eigenvalue weighted by Gasteiger charge is 2.42. The van der Waals surface area contributed by atoms with Crippen molar-refractivity contribution in [1.82, 2.24) is 9.55 Å². The monoisotopic (exact) mass is 278 g/mol.